The third-order valence-electron chi connectivity index (χ3n) is 4.13. The summed E-state index contributed by atoms with van der Waals surface area (Å²) in [5.41, 5.74) is 0. The van der Waals surface area contributed by atoms with Crippen molar-refractivity contribution < 1.29 is 14.3 Å². The molecule has 4 nitrogen and oxygen atoms in total. The Morgan fingerprint density at radius 1 is 1.28 bits per heavy atom. The summed E-state index contributed by atoms with van der Waals surface area (Å²) in [4.78, 5) is 25.2. The quantitative estimate of drug-likeness (QED) is 0.772. The smallest absolute Gasteiger partial charge is 0.225 e. The fourth-order valence-electron chi connectivity index (χ4n) is 2.82. The van der Waals surface area contributed by atoms with Crippen LogP contribution in [0.3, 0.4) is 0 Å². The molecule has 0 bridgehead atoms. The number of hydrogen-bond donors (Lipinski definition) is 0. The van der Waals surface area contributed by atoms with Crippen LogP contribution in [0, 0.1) is 0 Å². The lowest BCUT2D eigenvalue weighted by Gasteiger charge is -2.32. The highest BCUT2D eigenvalue weighted by Crippen LogP contribution is 2.22. The summed E-state index contributed by atoms with van der Waals surface area (Å²) < 4.78 is 5.60. The first-order valence-electron chi connectivity index (χ1n) is 7.06. The van der Waals surface area contributed by atoms with Gasteiger partial charge in [-0.1, -0.05) is 0 Å². The van der Waals surface area contributed by atoms with E-state index in [1.165, 1.54) is 6.42 Å². The molecular formula is C14H23NO3. The van der Waals surface area contributed by atoms with Gasteiger partial charge >= 0.3 is 0 Å². The average Bonchev–Trinajstić information content (AvgIpc) is 2.40. The van der Waals surface area contributed by atoms with Gasteiger partial charge in [-0.3, -0.25) is 9.59 Å². The molecule has 0 radical (unpaired) electrons. The molecule has 2 fully saturated rings. The van der Waals surface area contributed by atoms with Gasteiger partial charge in [0.2, 0.25) is 5.91 Å². The fraction of sp³-hybridized carbons (Fsp3) is 0.857. The average molecular weight is 253 g/mol. The molecule has 2 rings (SSSR count). The monoisotopic (exact) mass is 253 g/mol. The first kappa shape index (κ1) is 13.5. The van der Waals surface area contributed by atoms with E-state index in [0.717, 1.165) is 32.3 Å². The maximum absolute atomic E-state index is 12.2. The number of ketones is 1. The second-order valence-corrected chi connectivity index (χ2v) is 5.47. The van der Waals surface area contributed by atoms with Crippen LogP contribution < -0.4 is 0 Å². The Bertz CT molecular complexity index is 300. The Labute approximate surface area is 109 Å². The SMILES string of the molecule is CN(C(=O)CC1CCCCO1)C1CCC(=O)CC1. The Morgan fingerprint density at radius 2 is 2.00 bits per heavy atom. The van der Waals surface area contributed by atoms with Crippen LogP contribution in [-0.4, -0.2) is 42.4 Å². The predicted octanol–water partition coefficient (Wildman–Crippen LogP) is 1.92. The Morgan fingerprint density at radius 3 is 2.61 bits per heavy atom. The lowest BCUT2D eigenvalue weighted by Crippen LogP contribution is -2.41. The number of hydrogen-bond acceptors (Lipinski definition) is 3. The molecule has 4 heteroatoms. The van der Waals surface area contributed by atoms with Crippen molar-refractivity contribution in [2.75, 3.05) is 13.7 Å². The van der Waals surface area contributed by atoms with Gasteiger partial charge in [-0.05, 0) is 32.1 Å². The molecule has 2 aliphatic rings. The number of nitrogens with zero attached hydrogens (tertiary/aromatic N) is 1. The molecule has 1 atom stereocenters. The predicted molar refractivity (Wildman–Crippen MR) is 68.2 cm³/mol. The summed E-state index contributed by atoms with van der Waals surface area (Å²) >= 11 is 0. The molecule has 0 aromatic carbocycles. The largest absolute Gasteiger partial charge is 0.378 e. The minimum absolute atomic E-state index is 0.110. The lowest BCUT2D eigenvalue weighted by atomic mass is 9.93. The van der Waals surface area contributed by atoms with Crippen molar-refractivity contribution in [2.24, 2.45) is 0 Å². The van der Waals surface area contributed by atoms with E-state index in [-0.39, 0.29) is 18.1 Å². The normalized spacial score (nSPS) is 26.1. The molecule has 0 aromatic heterocycles. The Kier molecular flexibility index (Phi) is 4.75. The zero-order chi connectivity index (χ0) is 13.0. The summed E-state index contributed by atoms with van der Waals surface area (Å²) in [6.07, 6.45) is 6.80. The zero-order valence-electron chi connectivity index (χ0n) is 11.2. The molecule has 1 saturated carbocycles. The standard InChI is InChI=1S/C14H23NO3/c1-15(11-5-7-12(16)8-6-11)14(17)10-13-4-2-3-9-18-13/h11,13H,2-10H2,1H3. The summed E-state index contributed by atoms with van der Waals surface area (Å²) in [6.45, 7) is 0.791. The van der Waals surface area contributed by atoms with Crippen LogP contribution in [0.25, 0.3) is 0 Å². The Balaban J connectivity index is 1.78. The van der Waals surface area contributed by atoms with Crippen LogP contribution in [0.4, 0.5) is 0 Å². The first-order chi connectivity index (χ1) is 8.66. The minimum Gasteiger partial charge on any atom is -0.378 e. The number of carbonyl (C=O) groups excluding carboxylic acids is 2. The molecule has 0 spiro atoms. The molecule has 0 aromatic rings. The van der Waals surface area contributed by atoms with Crippen LogP contribution in [0.5, 0.6) is 0 Å². The van der Waals surface area contributed by atoms with E-state index < -0.39 is 0 Å². The van der Waals surface area contributed by atoms with Crippen LogP contribution >= 0.6 is 0 Å². The van der Waals surface area contributed by atoms with Crippen molar-refractivity contribution in [1.82, 2.24) is 4.90 Å². The van der Waals surface area contributed by atoms with Gasteiger partial charge in [-0.2, -0.15) is 0 Å². The lowest BCUT2D eigenvalue weighted by molar-refractivity contribution is -0.137. The second-order valence-electron chi connectivity index (χ2n) is 5.47. The molecular weight excluding hydrogens is 230 g/mol. The Hall–Kier alpha value is -0.900. The van der Waals surface area contributed by atoms with Gasteiger partial charge in [-0.25, -0.2) is 0 Å². The molecule has 0 N–H and O–H groups in total. The molecule has 1 aliphatic carbocycles. The van der Waals surface area contributed by atoms with E-state index in [4.69, 9.17) is 4.74 Å². The highest BCUT2D eigenvalue weighted by Gasteiger charge is 2.27. The van der Waals surface area contributed by atoms with Crippen molar-refractivity contribution in [2.45, 2.75) is 63.5 Å². The molecule has 1 aliphatic heterocycles. The highest BCUT2D eigenvalue weighted by molar-refractivity contribution is 5.80. The number of rotatable bonds is 3. The summed E-state index contributed by atoms with van der Waals surface area (Å²) in [7, 11) is 1.87. The topological polar surface area (TPSA) is 46.6 Å². The highest BCUT2D eigenvalue weighted by atomic mass is 16.5. The van der Waals surface area contributed by atoms with Gasteiger partial charge in [0.1, 0.15) is 5.78 Å². The summed E-state index contributed by atoms with van der Waals surface area (Å²) in [5, 5.41) is 0. The number of amides is 1. The van der Waals surface area contributed by atoms with E-state index in [9.17, 15) is 9.59 Å². The number of Topliss-reactive ketones (excluding diaryl/α,β-unsaturated/α-hetero) is 1. The molecule has 1 heterocycles. The number of ether oxygens (including phenoxy) is 1. The fourth-order valence-corrected chi connectivity index (χ4v) is 2.82. The maximum atomic E-state index is 12.2. The van der Waals surface area contributed by atoms with Crippen molar-refractivity contribution >= 4 is 11.7 Å². The van der Waals surface area contributed by atoms with E-state index in [1.54, 1.807) is 0 Å². The second kappa shape index (κ2) is 6.32. The van der Waals surface area contributed by atoms with Gasteiger partial charge in [0.25, 0.3) is 0 Å². The molecule has 1 unspecified atom stereocenters. The van der Waals surface area contributed by atoms with Crippen molar-refractivity contribution in [3.8, 4) is 0 Å². The van der Waals surface area contributed by atoms with Gasteiger partial charge in [0.15, 0.2) is 0 Å². The van der Waals surface area contributed by atoms with E-state index in [2.05, 4.69) is 0 Å². The molecule has 102 valence electrons. The van der Waals surface area contributed by atoms with E-state index in [0.29, 0.717) is 25.0 Å². The van der Waals surface area contributed by atoms with Gasteiger partial charge in [0.05, 0.1) is 12.5 Å². The van der Waals surface area contributed by atoms with E-state index in [1.807, 2.05) is 11.9 Å². The van der Waals surface area contributed by atoms with Crippen molar-refractivity contribution in [3.05, 3.63) is 0 Å². The molecule has 18 heavy (non-hydrogen) atoms. The van der Waals surface area contributed by atoms with Crippen LogP contribution in [0.1, 0.15) is 51.4 Å². The first-order valence-corrected chi connectivity index (χ1v) is 7.06. The van der Waals surface area contributed by atoms with Crippen molar-refractivity contribution in [3.63, 3.8) is 0 Å². The van der Waals surface area contributed by atoms with Crippen LogP contribution in [0.2, 0.25) is 0 Å². The van der Waals surface area contributed by atoms with E-state index >= 15 is 0 Å². The third kappa shape index (κ3) is 3.55. The molecule has 1 saturated heterocycles. The zero-order valence-corrected chi connectivity index (χ0v) is 11.2. The summed E-state index contributed by atoms with van der Waals surface area (Å²) in [5.74, 6) is 0.504. The van der Waals surface area contributed by atoms with Gasteiger partial charge < -0.3 is 9.64 Å². The summed E-state index contributed by atoms with van der Waals surface area (Å²) in [6, 6.07) is 0.249. The van der Waals surface area contributed by atoms with Crippen molar-refractivity contribution in [1.29, 1.82) is 0 Å². The van der Waals surface area contributed by atoms with Gasteiger partial charge in [-0.15, -0.1) is 0 Å². The number of carbonyl (C=O) groups is 2. The molecule has 1 amide bonds. The van der Waals surface area contributed by atoms with Crippen LogP contribution in [0.15, 0.2) is 0 Å². The van der Waals surface area contributed by atoms with Crippen LogP contribution in [-0.2, 0) is 14.3 Å². The van der Waals surface area contributed by atoms with Gasteiger partial charge in [0, 0.05) is 32.5 Å². The minimum atomic E-state index is 0.110. The maximum Gasteiger partial charge on any atom is 0.225 e. The third-order valence-corrected chi connectivity index (χ3v) is 4.13.